The van der Waals surface area contributed by atoms with Crippen LogP contribution in [-0.2, 0) is 24.2 Å². The van der Waals surface area contributed by atoms with E-state index in [2.05, 4.69) is 0 Å². The van der Waals surface area contributed by atoms with E-state index in [1.54, 1.807) is 31.0 Å². The number of fused-ring (bicyclic) bond motifs is 1. The molecule has 0 unspecified atom stereocenters. The zero-order chi connectivity index (χ0) is 26.4. The Morgan fingerprint density at radius 1 is 1.17 bits per heavy atom. The number of likely N-dealkylation sites (tertiary alicyclic amines) is 1. The summed E-state index contributed by atoms with van der Waals surface area (Å²) in [4.78, 5) is 26.0. The first-order valence-corrected chi connectivity index (χ1v) is 12.6. The molecule has 4 rings (SSSR count). The van der Waals surface area contributed by atoms with Crippen molar-refractivity contribution in [2.45, 2.75) is 45.5 Å². The van der Waals surface area contributed by atoms with Crippen molar-refractivity contribution in [3.8, 4) is 0 Å². The van der Waals surface area contributed by atoms with Gasteiger partial charge in [-0.25, -0.2) is 8.78 Å². The summed E-state index contributed by atoms with van der Waals surface area (Å²) in [5.74, 6) is -3.93. The topological polar surface area (TPSA) is 62.5 Å². The monoisotopic (exact) mass is 536 g/mol. The molecule has 1 N–H and O–H groups in total. The summed E-state index contributed by atoms with van der Waals surface area (Å²) < 4.78 is 29.8. The number of piperidine rings is 1. The summed E-state index contributed by atoms with van der Waals surface area (Å²) >= 11 is 13.3. The maximum Gasteiger partial charge on any atom is 0.303 e. The van der Waals surface area contributed by atoms with Crippen LogP contribution in [0.25, 0.3) is 10.9 Å². The standard InChI is InChI=1S/C27H28Cl2F2N2O3/c1-15-10-18(27(2,30)31)13-22-24(15)17(14-32(22)3)12-20-21(28)5-4-19(25(20)29)26(36)33-8-6-16(7-9-33)11-23(34)35/h4-5,10,13-14,16H,6-9,11-12H2,1-3H3,(H,34,35). The van der Waals surface area contributed by atoms with E-state index in [0.29, 0.717) is 54.0 Å². The van der Waals surface area contributed by atoms with Crippen LogP contribution < -0.4 is 0 Å². The number of hydrogen-bond donors (Lipinski definition) is 1. The molecule has 1 aliphatic rings. The van der Waals surface area contributed by atoms with E-state index in [0.717, 1.165) is 23.4 Å². The summed E-state index contributed by atoms with van der Waals surface area (Å²) in [5, 5.41) is 10.6. The number of aliphatic carboxylic acids is 1. The number of amides is 1. The summed E-state index contributed by atoms with van der Waals surface area (Å²) in [6.07, 6.45) is 3.58. The normalized spacial score (nSPS) is 15.0. The van der Waals surface area contributed by atoms with Gasteiger partial charge in [0.1, 0.15) is 0 Å². The largest absolute Gasteiger partial charge is 0.481 e. The van der Waals surface area contributed by atoms with Crippen molar-refractivity contribution in [1.29, 1.82) is 0 Å². The molecule has 3 aromatic rings. The molecule has 192 valence electrons. The molecule has 0 bridgehead atoms. The second kappa shape index (κ2) is 10.0. The molecule has 0 aliphatic carbocycles. The molecule has 0 atom stereocenters. The first-order valence-electron chi connectivity index (χ1n) is 11.8. The average Bonchev–Trinajstić information content (AvgIpc) is 3.11. The van der Waals surface area contributed by atoms with Crippen molar-refractivity contribution in [3.05, 3.63) is 68.3 Å². The Labute approximate surface area is 218 Å². The number of aryl methyl sites for hydroxylation is 2. The van der Waals surface area contributed by atoms with Gasteiger partial charge in [0.25, 0.3) is 11.8 Å². The minimum absolute atomic E-state index is 0.0453. The molecular weight excluding hydrogens is 509 g/mol. The van der Waals surface area contributed by atoms with Gasteiger partial charge in [-0.2, -0.15) is 0 Å². The van der Waals surface area contributed by atoms with Crippen LogP contribution in [0.4, 0.5) is 8.78 Å². The van der Waals surface area contributed by atoms with E-state index >= 15 is 0 Å². The highest BCUT2D eigenvalue weighted by atomic mass is 35.5. The Bertz CT molecular complexity index is 1340. The van der Waals surface area contributed by atoms with Crippen LogP contribution in [0, 0.1) is 12.8 Å². The molecule has 0 saturated carbocycles. The minimum Gasteiger partial charge on any atom is -0.481 e. The zero-order valence-electron chi connectivity index (χ0n) is 20.4. The minimum atomic E-state index is -2.95. The van der Waals surface area contributed by atoms with Gasteiger partial charge < -0.3 is 14.6 Å². The Kier molecular flexibility index (Phi) is 7.35. The van der Waals surface area contributed by atoms with Crippen LogP contribution in [0.2, 0.25) is 10.0 Å². The van der Waals surface area contributed by atoms with Crippen LogP contribution in [0.5, 0.6) is 0 Å². The first-order chi connectivity index (χ1) is 16.9. The summed E-state index contributed by atoms with van der Waals surface area (Å²) in [6, 6.07) is 6.27. The van der Waals surface area contributed by atoms with Gasteiger partial charge in [-0.3, -0.25) is 9.59 Å². The van der Waals surface area contributed by atoms with Crippen molar-refractivity contribution >= 4 is 46.0 Å². The van der Waals surface area contributed by atoms with Gasteiger partial charge in [-0.05, 0) is 66.6 Å². The molecule has 2 heterocycles. The highest BCUT2D eigenvalue weighted by molar-refractivity contribution is 6.38. The summed E-state index contributed by atoms with van der Waals surface area (Å²) in [7, 11) is 1.81. The zero-order valence-corrected chi connectivity index (χ0v) is 21.9. The fourth-order valence-corrected chi connectivity index (χ4v) is 5.68. The van der Waals surface area contributed by atoms with Crippen LogP contribution >= 0.6 is 23.2 Å². The van der Waals surface area contributed by atoms with Crippen molar-refractivity contribution in [2.75, 3.05) is 13.1 Å². The molecule has 2 aromatic carbocycles. The predicted molar refractivity (Wildman–Crippen MR) is 137 cm³/mol. The molecule has 0 spiro atoms. The highest BCUT2D eigenvalue weighted by Crippen LogP contribution is 2.37. The number of hydrogen-bond acceptors (Lipinski definition) is 2. The highest BCUT2D eigenvalue weighted by Gasteiger charge is 2.29. The number of carboxylic acids is 1. The van der Waals surface area contributed by atoms with Gasteiger partial charge in [-0.1, -0.05) is 23.2 Å². The smallest absolute Gasteiger partial charge is 0.303 e. The molecule has 9 heteroatoms. The Morgan fingerprint density at radius 2 is 1.83 bits per heavy atom. The van der Waals surface area contributed by atoms with Crippen LogP contribution in [0.15, 0.2) is 30.5 Å². The van der Waals surface area contributed by atoms with Gasteiger partial charge in [0.05, 0.1) is 10.6 Å². The molecular formula is C27H28Cl2F2N2O3. The molecule has 1 aliphatic heterocycles. The maximum absolute atomic E-state index is 14.0. The van der Waals surface area contributed by atoms with Gasteiger partial charge in [0, 0.05) is 67.6 Å². The lowest BCUT2D eigenvalue weighted by Crippen LogP contribution is -2.39. The van der Waals surface area contributed by atoms with E-state index in [9.17, 15) is 18.4 Å². The molecule has 1 saturated heterocycles. The number of nitrogens with zero attached hydrogens (tertiary/aromatic N) is 2. The molecule has 1 aromatic heterocycles. The lowest BCUT2D eigenvalue weighted by atomic mass is 9.93. The number of benzene rings is 2. The number of aromatic nitrogens is 1. The third-order valence-corrected chi connectivity index (χ3v) is 7.81. The molecule has 1 amide bonds. The lowest BCUT2D eigenvalue weighted by molar-refractivity contribution is -0.138. The second-order valence-electron chi connectivity index (χ2n) is 9.74. The second-order valence-corrected chi connectivity index (χ2v) is 10.5. The van der Waals surface area contributed by atoms with Crippen molar-refractivity contribution in [3.63, 3.8) is 0 Å². The number of alkyl halides is 2. The van der Waals surface area contributed by atoms with Gasteiger partial charge >= 0.3 is 5.97 Å². The summed E-state index contributed by atoms with van der Waals surface area (Å²) in [5.41, 5.74) is 3.18. The Balaban J connectivity index is 1.64. The van der Waals surface area contributed by atoms with E-state index in [1.165, 1.54) is 12.1 Å². The number of carboxylic acid groups (broad SMARTS) is 1. The quantitative estimate of drug-likeness (QED) is 0.375. The number of rotatable bonds is 6. The van der Waals surface area contributed by atoms with Gasteiger partial charge in [-0.15, -0.1) is 0 Å². The van der Waals surface area contributed by atoms with Crippen LogP contribution in [-0.4, -0.2) is 39.5 Å². The Morgan fingerprint density at radius 3 is 2.44 bits per heavy atom. The van der Waals surface area contributed by atoms with E-state index in [4.69, 9.17) is 28.3 Å². The van der Waals surface area contributed by atoms with E-state index in [-0.39, 0.29) is 28.8 Å². The lowest BCUT2D eigenvalue weighted by Gasteiger charge is -2.31. The first kappa shape index (κ1) is 26.4. The van der Waals surface area contributed by atoms with E-state index in [1.807, 2.05) is 10.8 Å². The maximum atomic E-state index is 14.0. The molecule has 1 fully saturated rings. The van der Waals surface area contributed by atoms with Crippen molar-refractivity contribution < 1.29 is 23.5 Å². The molecule has 5 nitrogen and oxygen atoms in total. The predicted octanol–water partition coefficient (Wildman–Crippen LogP) is 6.82. The third kappa shape index (κ3) is 5.23. The van der Waals surface area contributed by atoms with Crippen LogP contribution in [0.1, 0.15) is 58.8 Å². The van der Waals surface area contributed by atoms with Crippen molar-refractivity contribution in [2.24, 2.45) is 13.0 Å². The van der Waals surface area contributed by atoms with Gasteiger partial charge in [0.15, 0.2) is 0 Å². The summed E-state index contributed by atoms with van der Waals surface area (Å²) in [6.45, 7) is 3.63. The molecule has 0 radical (unpaired) electrons. The number of carbonyl (C=O) groups is 2. The molecule has 36 heavy (non-hydrogen) atoms. The van der Waals surface area contributed by atoms with E-state index < -0.39 is 11.9 Å². The van der Waals surface area contributed by atoms with Crippen molar-refractivity contribution in [1.82, 2.24) is 9.47 Å². The van der Waals surface area contributed by atoms with Crippen LogP contribution in [0.3, 0.4) is 0 Å². The fraction of sp³-hybridized carbons (Fsp3) is 0.407. The van der Waals surface area contributed by atoms with Gasteiger partial charge in [0.2, 0.25) is 0 Å². The Hall–Kier alpha value is -2.64. The third-order valence-electron chi connectivity index (χ3n) is 7.02. The SMILES string of the molecule is Cc1cc(C(C)(F)F)cc2c1c(Cc1c(Cl)ccc(C(=O)N3CCC(CC(=O)O)CC3)c1Cl)cn2C. The average molecular weight is 537 g/mol. The number of carbonyl (C=O) groups excluding carboxylic acids is 1. The number of halogens is 4. The fourth-order valence-electron chi connectivity index (χ4n) is 5.09.